The summed E-state index contributed by atoms with van der Waals surface area (Å²) in [7, 11) is 0. The van der Waals surface area contributed by atoms with Crippen LogP contribution in [0.3, 0.4) is 0 Å². The van der Waals surface area contributed by atoms with Gasteiger partial charge in [0.05, 0.1) is 19.6 Å². The van der Waals surface area contributed by atoms with Crippen LogP contribution in [0.15, 0.2) is 28.7 Å². The molecule has 1 aromatic carbocycles. The molecule has 1 rings (SSSR count). The van der Waals surface area contributed by atoms with Crippen molar-refractivity contribution in [2.75, 3.05) is 26.4 Å². The lowest BCUT2D eigenvalue weighted by atomic mass is 10.3. The number of carboxylic acid groups (broad SMARTS) is 1. The molecule has 7 heteroatoms. The fourth-order valence-corrected chi connectivity index (χ4v) is 1.71. The van der Waals surface area contributed by atoms with Gasteiger partial charge in [-0.3, -0.25) is 4.79 Å². The lowest BCUT2D eigenvalue weighted by Crippen LogP contribution is -2.29. The third-order valence-electron chi connectivity index (χ3n) is 2.19. The third-order valence-corrected chi connectivity index (χ3v) is 2.68. The lowest BCUT2D eigenvalue weighted by molar-refractivity contribution is -0.142. The monoisotopic (exact) mass is 345 g/mol. The van der Waals surface area contributed by atoms with E-state index in [1.165, 1.54) is 0 Å². The van der Waals surface area contributed by atoms with E-state index in [2.05, 4.69) is 21.2 Å². The molecule has 0 atom stereocenters. The molecule has 0 spiro atoms. The minimum atomic E-state index is -1.03. The number of amides is 1. The van der Waals surface area contributed by atoms with Crippen molar-refractivity contribution in [1.82, 2.24) is 5.32 Å². The topological polar surface area (TPSA) is 84.9 Å². The van der Waals surface area contributed by atoms with Gasteiger partial charge in [0.25, 0.3) is 0 Å². The maximum absolute atomic E-state index is 11.4. The molecule has 0 saturated heterocycles. The van der Waals surface area contributed by atoms with Gasteiger partial charge in [-0.15, -0.1) is 0 Å². The van der Waals surface area contributed by atoms with E-state index in [0.717, 1.165) is 4.47 Å². The maximum atomic E-state index is 11.4. The SMILES string of the molecule is O=C(O)COCCNC(=O)CCOc1cccc(Br)c1. The van der Waals surface area contributed by atoms with Gasteiger partial charge in [-0.2, -0.15) is 0 Å². The average molecular weight is 346 g/mol. The normalized spacial score (nSPS) is 10.1. The summed E-state index contributed by atoms with van der Waals surface area (Å²) in [5.41, 5.74) is 0. The summed E-state index contributed by atoms with van der Waals surface area (Å²) >= 11 is 3.33. The molecule has 1 aromatic rings. The molecular formula is C13H16BrNO5. The molecule has 110 valence electrons. The van der Waals surface area contributed by atoms with E-state index in [4.69, 9.17) is 14.6 Å². The molecule has 0 fully saturated rings. The fraction of sp³-hybridized carbons (Fsp3) is 0.385. The molecule has 0 aromatic heterocycles. The van der Waals surface area contributed by atoms with Crippen LogP contribution < -0.4 is 10.1 Å². The summed E-state index contributed by atoms with van der Waals surface area (Å²) in [6, 6.07) is 7.36. The number of carbonyl (C=O) groups excluding carboxylic acids is 1. The number of hydrogen-bond donors (Lipinski definition) is 2. The Labute approximate surface area is 125 Å². The number of benzene rings is 1. The first kappa shape index (κ1) is 16.5. The van der Waals surface area contributed by atoms with E-state index >= 15 is 0 Å². The maximum Gasteiger partial charge on any atom is 0.329 e. The van der Waals surface area contributed by atoms with Crippen LogP contribution in [0.1, 0.15) is 6.42 Å². The molecule has 1 amide bonds. The summed E-state index contributed by atoms with van der Waals surface area (Å²) in [5.74, 6) is -0.505. The predicted octanol–water partition coefficient (Wildman–Crippen LogP) is 1.44. The second-order valence-electron chi connectivity index (χ2n) is 3.85. The Bertz CT molecular complexity index is 452. The van der Waals surface area contributed by atoms with Crippen molar-refractivity contribution in [2.24, 2.45) is 0 Å². The Morgan fingerprint density at radius 3 is 2.80 bits per heavy atom. The number of aliphatic carboxylic acids is 1. The number of rotatable bonds is 9. The highest BCUT2D eigenvalue weighted by molar-refractivity contribution is 9.10. The van der Waals surface area contributed by atoms with Gasteiger partial charge in [0.1, 0.15) is 12.4 Å². The fourth-order valence-electron chi connectivity index (χ4n) is 1.33. The Hall–Kier alpha value is -1.60. The van der Waals surface area contributed by atoms with Gasteiger partial charge in [0.15, 0.2) is 0 Å². The zero-order valence-electron chi connectivity index (χ0n) is 10.8. The van der Waals surface area contributed by atoms with Crippen molar-refractivity contribution in [3.8, 4) is 5.75 Å². The largest absolute Gasteiger partial charge is 0.493 e. The minimum absolute atomic E-state index is 0.168. The summed E-state index contributed by atoms with van der Waals surface area (Å²) in [4.78, 5) is 21.6. The molecule has 0 aliphatic rings. The van der Waals surface area contributed by atoms with Crippen LogP contribution in [-0.2, 0) is 14.3 Å². The molecular weight excluding hydrogens is 330 g/mol. The standard InChI is InChI=1S/C13H16BrNO5/c14-10-2-1-3-11(8-10)20-6-4-12(16)15-5-7-19-9-13(17)18/h1-3,8H,4-7,9H2,(H,15,16)(H,17,18). The average Bonchev–Trinajstić information content (AvgIpc) is 2.38. The van der Waals surface area contributed by atoms with Crippen LogP contribution in [0.2, 0.25) is 0 Å². The first-order valence-corrected chi connectivity index (χ1v) is 6.82. The van der Waals surface area contributed by atoms with Gasteiger partial charge in [-0.25, -0.2) is 4.79 Å². The molecule has 2 N–H and O–H groups in total. The van der Waals surface area contributed by atoms with Crippen molar-refractivity contribution < 1.29 is 24.2 Å². The van der Waals surface area contributed by atoms with E-state index in [0.29, 0.717) is 5.75 Å². The van der Waals surface area contributed by atoms with Crippen LogP contribution in [0.4, 0.5) is 0 Å². The number of hydrogen-bond acceptors (Lipinski definition) is 4. The number of ether oxygens (including phenoxy) is 2. The number of carboxylic acids is 1. The predicted molar refractivity (Wildman–Crippen MR) is 75.7 cm³/mol. The first-order chi connectivity index (χ1) is 9.58. The summed E-state index contributed by atoms with van der Waals surface area (Å²) in [6.45, 7) is 0.369. The Morgan fingerprint density at radius 2 is 2.10 bits per heavy atom. The van der Waals surface area contributed by atoms with Gasteiger partial charge in [0, 0.05) is 11.0 Å². The van der Waals surface area contributed by atoms with Gasteiger partial charge < -0.3 is 19.9 Å². The van der Waals surface area contributed by atoms with Crippen LogP contribution >= 0.6 is 15.9 Å². The molecule has 0 saturated carbocycles. The molecule has 0 radical (unpaired) electrons. The minimum Gasteiger partial charge on any atom is -0.493 e. The Morgan fingerprint density at radius 1 is 1.30 bits per heavy atom. The number of halogens is 1. The van der Waals surface area contributed by atoms with Gasteiger partial charge >= 0.3 is 5.97 Å². The van der Waals surface area contributed by atoms with Gasteiger partial charge in [0.2, 0.25) is 5.91 Å². The molecule has 20 heavy (non-hydrogen) atoms. The molecule has 0 bridgehead atoms. The van der Waals surface area contributed by atoms with Crippen LogP contribution in [0.5, 0.6) is 5.75 Å². The van der Waals surface area contributed by atoms with E-state index in [1.54, 1.807) is 0 Å². The highest BCUT2D eigenvalue weighted by Gasteiger charge is 2.02. The van der Waals surface area contributed by atoms with Crippen molar-refractivity contribution in [2.45, 2.75) is 6.42 Å². The molecule has 0 unspecified atom stereocenters. The zero-order chi connectivity index (χ0) is 14.8. The summed E-state index contributed by atoms with van der Waals surface area (Å²) < 4.78 is 11.1. The summed E-state index contributed by atoms with van der Waals surface area (Å²) in [6.07, 6.45) is 0.228. The van der Waals surface area contributed by atoms with Crippen molar-refractivity contribution in [1.29, 1.82) is 0 Å². The highest BCUT2D eigenvalue weighted by atomic mass is 79.9. The lowest BCUT2D eigenvalue weighted by Gasteiger charge is -2.07. The van der Waals surface area contributed by atoms with Crippen LogP contribution in [0, 0.1) is 0 Å². The second kappa shape index (κ2) is 9.33. The molecule has 6 nitrogen and oxygen atoms in total. The van der Waals surface area contributed by atoms with Gasteiger partial charge in [-0.1, -0.05) is 22.0 Å². The number of carbonyl (C=O) groups is 2. The molecule has 0 heterocycles. The van der Waals surface area contributed by atoms with Crippen LogP contribution in [-0.4, -0.2) is 43.3 Å². The Kier molecular flexibility index (Phi) is 7.67. The smallest absolute Gasteiger partial charge is 0.329 e. The number of nitrogens with one attached hydrogen (secondary N) is 1. The third kappa shape index (κ3) is 7.75. The van der Waals surface area contributed by atoms with E-state index in [-0.39, 0.29) is 38.7 Å². The van der Waals surface area contributed by atoms with Crippen molar-refractivity contribution in [3.63, 3.8) is 0 Å². The van der Waals surface area contributed by atoms with Crippen molar-refractivity contribution >= 4 is 27.8 Å². The van der Waals surface area contributed by atoms with Crippen molar-refractivity contribution in [3.05, 3.63) is 28.7 Å². The quantitative estimate of drug-likeness (QED) is 0.661. The Balaban J connectivity index is 2.07. The van der Waals surface area contributed by atoms with E-state index in [9.17, 15) is 9.59 Å². The highest BCUT2D eigenvalue weighted by Crippen LogP contribution is 2.17. The van der Waals surface area contributed by atoms with E-state index < -0.39 is 5.97 Å². The van der Waals surface area contributed by atoms with Crippen LogP contribution in [0.25, 0.3) is 0 Å². The summed E-state index contributed by atoms with van der Waals surface area (Å²) in [5, 5.41) is 10.9. The molecule has 0 aliphatic carbocycles. The first-order valence-electron chi connectivity index (χ1n) is 6.02. The van der Waals surface area contributed by atoms with Gasteiger partial charge in [-0.05, 0) is 18.2 Å². The zero-order valence-corrected chi connectivity index (χ0v) is 12.4. The molecule has 0 aliphatic heterocycles. The van der Waals surface area contributed by atoms with E-state index in [1.807, 2.05) is 24.3 Å². The second-order valence-corrected chi connectivity index (χ2v) is 4.77.